The predicted octanol–water partition coefficient (Wildman–Crippen LogP) is 3.96. The lowest BCUT2D eigenvalue weighted by molar-refractivity contribution is -0.119. The van der Waals surface area contributed by atoms with Crippen LogP contribution in [0.2, 0.25) is 0 Å². The van der Waals surface area contributed by atoms with Crippen molar-refractivity contribution >= 4 is 38.4 Å². The fourth-order valence-electron chi connectivity index (χ4n) is 3.22. The topological polar surface area (TPSA) is 51.1 Å². The predicted molar refractivity (Wildman–Crippen MR) is 98.4 cm³/mol. The van der Waals surface area contributed by atoms with E-state index in [-0.39, 0.29) is 23.3 Å². The summed E-state index contributed by atoms with van der Waals surface area (Å²) in [4.78, 5) is 23.9. The van der Waals surface area contributed by atoms with Gasteiger partial charge in [0.1, 0.15) is 16.9 Å². The number of benzene rings is 2. The first kappa shape index (κ1) is 16.7. The zero-order valence-electron chi connectivity index (χ0n) is 13.5. The molecule has 7 heteroatoms. The van der Waals surface area contributed by atoms with Crippen LogP contribution in [0.1, 0.15) is 16.4 Å². The lowest BCUT2D eigenvalue weighted by Gasteiger charge is -2.12. The summed E-state index contributed by atoms with van der Waals surface area (Å²) in [6.45, 7) is 0.155. The number of amides is 2. The van der Waals surface area contributed by atoms with E-state index in [9.17, 15) is 18.4 Å². The van der Waals surface area contributed by atoms with Gasteiger partial charge in [-0.25, -0.2) is 8.78 Å². The van der Waals surface area contributed by atoms with Gasteiger partial charge in [-0.05, 0) is 35.9 Å². The maximum atomic E-state index is 14.0. The van der Waals surface area contributed by atoms with E-state index in [4.69, 9.17) is 0 Å². The molecule has 0 saturated carbocycles. The van der Waals surface area contributed by atoms with Crippen molar-refractivity contribution in [1.29, 1.82) is 0 Å². The molecular formula is C19H14F2N2O2S. The first-order valence-corrected chi connectivity index (χ1v) is 9.30. The summed E-state index contributed by atoms with van der Waals surface area (Å²) in [6.07, 6.45) is 1.76. The molecule has 1 fully saturated rings. The smallest absolute Gasteiger partial charge is 0.280 e. The Morgan fingerprint density at radius 1 is 1.15 bits per heavy atom. The van der Waals surface area contributed by atoms with Crippen molar-refractivity contribution in [3.8, 4) is 0 Å². The molecule has 2 aromatic carbocycles. The van der Waals surface area contributed by atoms with E-state index in [1.165, 1.54) is 6.07 Å². The van der Waals surface area contributed by atoms with Gasteiger partial charge in [-0.2, -0.15) is 0 Å². The lowest BCUT2D eigenvalue weighted by atomic mass is 10.1. The van der Waals surface area contributed by atoms with Crippen LogP contribution in [-0.2, 0) is 11.3 Å². The highest BCUT2D eigenvalue weighted by Gasteiger charge is 2.36. The van der Waals surface area contributed by atoms with Gasteiger partial charge in [0.25, 0.3) is 5.24 Å². The first-order valence-electron chi connectivity index (χ1n) is 7.85. The van der Waals surface area contributed by atoms with E-state index in [1.807, 2.05) is 12.1 Å². The number of carbonyl (C=O) groups excluding carboxylic acids is 2. The lowest BCUT2D eigenvalue weighted by Crippen LogP contribution is -2.20. The van der Waals surface area contributed by atoms with E-state index in [0.29, 0.717) is 5.56 Å². The molecule has 1 aromatic heterocycles. The van der Waals surface area contributed by atoms with Gasteiger partial charge in [0, 0.05) is 22.7 Å². The molecule has 2 atom stereocenters. The van der Waals surface area contributed by atoms with Crippen molar-refractivity contribution in [2.75, 3.05) is 0 Å². The second-order valence-corrected chi connectivity index (χ2v) is 7.74. The van der Waals surface area contributed by atoms with E-state index < -0.39 is 27.4 Å². The fraction of sp³-hybridized carbons (Fsp3) is 0.105. The van der Waals surface area contributed by atoms with Crippen molar-refractivity contribution in [3.05, 3.63) is 71.4 Å². The van der Waals surface area contributed by atoms with Gasteiger partial charge in [0.05, 0.1) is 6.54 Å². The summed E-state index contributed by atoms with van der Waals surface area (Å²) < 4.78 is 29.2. The highest BCUT2D eigenvalue weighted by Crippen LogP contribution is 2.42. The SMILES string of the molecule is C=S1C(=O)NC(=O)C1c1cccc2c1ccn2Cc1cc(F)ccc1F. The molecule has 0 radical (unpaired) electrons. The summed E-state index contributed by atoms with van der Waals surface area (Å²) in [6, 6.07) is 10.6. The average Bonchev–Trinajstić information content (AvgIpc) is 3.12. The Morgan fingerprint density at radius 2 is 1.96 bits per heavy atom. The third-order valence-corrected chi connectivity index (χ3v) is 6.08. The minimum absolute atomic E-state index is 0.155. The van der Waals surface area contributed by atoms with Gasteiger partial charge < -0.3 is 4.57 Å². The number of aromatic nitrogens is 1. The van der Waals surface area contributed by atoms with Crippen molar-refractivity contribution in [1.82, 2.24) is 9.88 Å². The van der Waals surface area contributed by atoms with Crippen molar-refractivity contribution in [2.24, 2.45) is 0 Å². The molecule has 4 nitrogen and oxygen atoms in total. The highest BCUT2D eigenvalue weighted by atomic mass is 32.2. The second kappa shape index (κ2) is 6.17. The highest BCUT2D eigenvalue weighted by molar-refractivity contribution is 8.28. The largest absolute Gasteiger partial charge is 0.343 e. The molecule has 132 valence electrons. The number of fused-ring (bicyclic) bond motifs is 1. The van der Waals surface area contributed by atoms with Crippen LogP contribution < -0.4 is 5.32 Å². The van der Waals surface area contributed by atoms with Crippen LogP contribution in [0.4, 0.5) is 13.6 Å². The minimum atomic E-state index is -0.996. The maximum absolute atomic E-state index is 14.0. The summed E-state index contributed by atoms with van der Waals surface area (Å²) in [5, 5.41) is 2.11. The fourth-order valence-corrected chi connectivity index (χ4v) is 4.50. The Morgan fingerprint density at radius 3 is 2.69 bits per heavy atom. The monoisotopic (exact) mass is 372 g/mol. The quantitative estimate of drug-likeness (QED) is 0.708. The number of hydrogen-bond donors (Lipinski definition) is 1. The van der Waals surface area contributed by atoms with Crippen LogP contribution in [0.3, 0.4) is 0 Å². The Hall–Kier alpha value is -2.80. The van der Waals surface area contributed by atoms with Gasteiger partial charge in [-0.15, -0.1) is 0 Å². The van der Waals surface area contributed by atoms with Crippen LogP contribution in [0, 0.1) is 11.6 Å². The number of rotatable bonds is 3. The standard InChI is InChI=1S/C19H14F2N2O2S/c1-26-17(18(24)22-19(26)25)14-3-2-4-16-13(14)7-8-23(16)10-11-9-12(20)5-6-15(11)21/h2-9,17H,1,10H2,(H,22,24,25). The van der Waals surface area contributed by atoms with Crippen molar-refractivity contribution in [3.63, 3.8) is 0 Å². The summed E-state index contributed by atoms with van der Waals surface area (Å²) >= 11 is 0. The van der Waals surface area contributed by atoms with E-state index in [2.05, 4.69) is 11.2 Å². The number of imide groups is 1. The van der Waals surface area contributed by atoms with E-state index in [1.54, 1.807) is 22.9 Å². The summed E-state index contributed by atoms with van der Waals surface area (Å²) in [5.74, 6) is 2.49. The molecule has 26 heavy (non-hydrogen) atoms. The van der Waals surface area contributed by atoms with Gasteiger partial charge in [-0.3, -0.25) is 14.9 Å². The van der Waals surface area contributed by atoms with Gasteiger partial charge in [0.15, 0.2) is 0 Å². The van der Waals surface area contributed by atoms with Crippen LogP contribution in [-0.4, -0.2) is 21.6 Å². The van der Waals surface area contributed by atoms with Gasteiger partial charge in [-0.1, -0.05) is 28.5 Å². The molecule has 3 aromatic rings. The van der Waals surface area contributed by atoms with Crippen LogP contribution in [0.5, 0.6) is 0 Å². The van der Waals surface area contributed by atoms with Crippen molar-refractivity contribution < 1.29 is 18.4 Å². The second-order valence-electron chi connectivity index (χ2n) is 6.05. The molecule has 0 bridgehead atoms. The molecular weight excluding hydrogens is 358 g/mol. The van der Waals surface area contributed by atoms with Crippen molar-refractivity contribution in [2.45, 2.75) is 11.8 Å². The Balaban J connectivity index is 1.79. The Kier molecular flexibility index (Phi) is 3.96. The number of nitrogens with zero attached hydrogens (tertiary/aromatic N) is 1. The molecule has 2 unspecified atom stereocenters. The van der Waals surface area contributed by atoms with E-state index >= 15 is 0 Å². The first-order chi connectivity index (χ1) is 12.5. The minimum Gasteiger partial charge on any atom is -0.343 e. The maximum Gasteiger partial charge on any atom is 0.280 e. The number of halogens is 2. The van der Waals surface area contributed by atoms with Crippen LogP contribution in [0.25, 0.3) is 10.9 Å². The molecule has 1 saturated heterocycles. The summed E-state index contributed by atoms with van der Waals surface area (Å²) in [7, 11) is -0.996. The zero-order chi connectivity index (χ0) is 18.4. The number of nitrogens with one attached hydrogen (secondary N) is 1. The molecule has 2 amide bonds. The normalized spacial score (nSPS) is 19.9. The van der Waals surface area contributed by atoms with Gasteiger partial charge in [0.2, 0.25) is 5.91 Å². The van der Waals surface area contributed by atoms with Crippen LogP contribution in [0.15, 0.2) is 48.7 Å². The Bertz CT molecular complexity index is 1090. The molecule has 4 rings (SSSR count). The average molecular weight is 372 g/mol. The number of hydrogen-bond acceptors (Lipinski definition) is 2. The molecule has 1 aliphatic heterocycles. The molecule has 0 spiro atoms. The molecule has 1 aliphatic rings. The van der Waals surface area contributed by atoms with Crippen LogP contribution >= 0.6 is 10.5 Å². The Labute approximate surface area is 150 Å². The third kappa shape index (κ3) is 2.64. The molecule has 1 N–H and O–H groups in total. The molecule has 0 aliphatic carbocycles. The molecule has 2 heterocycles. The van der Waals surface area contributed by atoms with Gasteiger partial charge >= 0.3 is 0 Å². The van der Waals surface area contributed by atoms with E-state index in [0.717, 1.165) is 23.0 Å². The summed E-state index contributed by atoms with van der Waals surface area (Å²) in [5.41, 5.74) is 1.72. The number of carbonyl (C=O) groups is 2. The third-order valence-electron chi connectivity index (χ3n) is 4.46. The zero-order valence-corrected chi connectivity index (χ0v) is 14.4.